The first-order valence-electron chi connectivity index (χ1n) is 9.07. The molecule has 0 saturated heterocycles. The van der Waals surface area contributed by atoms with Crippen LogP contribution >= 0.6 is 11.6 Å². The van der Waals surface area contributed by atoms with Gasteiger partial charge in [-0.3, -0.25) is 9.10 Å². The van der Waals surface area contributed by atoms with E-state index in [4.69, 9.17) is 11.6 Å². The summed E-state index contributed by atoms with van der Waals surface area (Å²) in [5.74, 6) is -0.359. The second-order valence-corrected chi connectivity index (χ2v) is 10.0. The molecule has 0 saturated carbocycles. The van der Waals surface area contributed by atoms with Crippen LogP contribution in [0.3, 0.4) is 0 Å². The maximum atomic E-state index is 12.5. The highest BCUT2D eigenvalue weighted by molar-refractivity contribution is 7.92. The van der Waals surface area contributed by atoms with E-state index in [0.29, 0.717) is 10.7 Å². The van der Waals surface area contributed by atoms with Crippen LogP contribution in [0.5, 0.6) is 0 Å². The number of nitrogens with one attached hydrogen (secondary N) is 1. The number of amides is 1. The van der Waals surface area contributed by atoms with Gasteiger partial charge < -0.3 is 5.32 Å². The normalized spacial score (nSPS) is 13.0. The van der Waals surface area contributed by atoms with E-state index < -0.39 is 10.0 Å². The molecule has 1 unspecified atom stereocenters. The van der Waals surface area contributed by atoms with Gasteiger partial charge in [-0.15, -0.1) is 0 Å². The summed E-state index contributed by atoms with van der Waals surface area (Å²) in [4.78, 5) is 12.5. The van der Waals surface area contributed by atoms with E-state index in [1.54, 1.807) is 18.2 Å². The van der Waals surface area contributed by atoms with Gasteiger partial charge in [0.25, 0.3) is 0 Å². The van der Waals surface area contributed by atoms with Crippen molar-refractivity contribution in [2.75, 3.05) is 17.1 Å². The Morgan fingerprint density at radius 2 is 1.79 bits per heavy atom. The molecule has 2 aromatic rings. The highest BCUT2D eigenvalue weighted by atomic mass is 35.5. The van der Waals surface area contributed by atoms with Crippen LogP contribution in [0.25, 0.3) is 0 Å². The molecule has 0 radical (unpaired) electrons. The molecule has 2 rings (SSSR count). The fourth-order valence-corrected chi connectivity index (χ4v) is 4.34. The number of sulfonamides is 1. The maximum Gasteiger partial charge on any atom is 0.240 e. The van der Waals surface area contributed by atoms with Gasteiger partial charge in [0, 0.05) is 11.1 Å². The van der Waals surface area contributed by atoms with E-state index in [9.17, 15) is 13.2 Å². The van der Waals surface area contributed by atoms with E-state index in [1.807, 2.05) is 25.1 Å². The third-order valence-electron chi connectivity index (χ3n) is 4.56. The summed E-state index contributed by atoms with van der Waals surface area (Å²) in [6.07, 6.45) is 1.79. The lowest BCUT2D eigenvalue weighted by molar-refractivity contribution is -0.120. The summed E-state index contributed by atoms with van der Waals surface area (Å²) in [6, 6.07) is 16.4. The zero-order valence-corrected chi connectivity index (χ0v) is 18.2. The van der Waals surface area contributed by atoms with E-state index in [0.717, 1.165) is 17.0 Å². The lowest BCUT2D eigenvalue weighted by Crippen LogP contribution is -2.44. The summed E-state index contributed by atoms with van der Waals surface area (Å²) in [5.41, 5.74) is 1.42. The maximum absolute atomic E-state index is 12.5. The predicted octanol–water partition coefficient (Wildman–Crippen LogP) is 3.98. The summed E-state index contributed by atoms with van der Waals surface area (Å²) < 4.78 is 25.4. The molecule has 1 N–H and O–H groups in total. The quantitative estimate of drug-likeness (QED) is 0.699. The number of carbonyl (C=O) groups excluding carboxylic acids is 1. The zero-order valence-electron chi connectivity index (χ0n) is 16.6. The number of hydrogen-bond donors (Lipinski definition) is 1. The molecule has 0 bridgehead atoms. The third kappa shape index (κ3) is 6.24. The fraction of sp³-hybridized carbons (Fsp3) is 0.381. The van der Waals surface area contributed by atoms with Crippen molar-refractivity contribution in [3.05, 3.63) is 65.2 Å². The number of halogens is 1. The van der Waals surface area contributed by atoms with Crippen molar-refractivity contribution in [2.24, 2.45) is 0 Å². The highest BCUT2D eigenvalue weighted by Crippen LogP contribution is 2.28. The van der Waals surface area contributed by atoms with Crippen LogP contribution in [0.1, 0.15) is 32.8 Å². The van der Waals surface area contributed by atoms with E-state index in [1.165, 1.54) is 11.6 Å². The number of rotatable bonds is 8. The molecule has 1 atom stereocenters. The Balaban J connectivity index is 2.06. The molecule has 0 spiro atoms. The smallest absolute Gasteiger partial charge is 0.240 e. The van der Waals surface area contributed by atoms with Gasteiger partial charge in [0.1, 0.15) is 6.54 Å². The van der Waals surface area contributed by atoms with Crippen LogP contribution in [0.2, 0.25) is 5.02 Å². The molecule has 28 heavy (non-hydrogen) atoms. The summed E-state index contributed by atoms with van der Waals surface area (Å²) in [6.45, 7) is 5.88. The van der Waals surface area contributed by atoms with Gasteiger partial charge in [0.15, 0.2) is 0 Å². The molecule has 152 valence electrons. The van der Waals surface area contributed by atoms with Crippen LogP contribution in [0.4, 0.5) is 5.69 Å². The van der Waals surface area contributed by atoms with Crippen LogP contribution in [-0.4, -0.2) is 33.2 Å². The van der Waals surface area contributed by atoms with Crippen LogP contribution in [-0.2, 0) is 20.2 Å². The van der Waals surface area contributed by atoms with Crippen LogP contribution in [0.15, 0.2) is 54.6 Å². The zero-order chi connectivity index (χ0) is 20.9. The average Bonchev–Trinajstić information content (AvgIpc) is 2.59. The molecule has 0 aromatic heterocycles. The molecule has 0 aliphatic carbocycles. The third-order valence-corrected chi connectivity index (χ3v) is 5.94. The van der Waals surface area contributed by atoms with Gasteiger partial charge in [-0.05, 0) is 42.5 Å². The molecule has 0 heterocycles. The highest BCUT2D eigenvalue weighted by Gasteiger charge is 2.26. The van der Waals surface area contributed by atoms with Gasteiger partial charge in [0.2, 0.25) is 15.9 Å². The summed E-state index contributed by atoms with van der Waals surface area (Å²) in [7, 11) is -3.63. The molecular weight excluding hydrogens is 396 g/mol. The molecule has 7 heteroatoms. The molecule has 0 fully saturated rings. The minimum Gasteiger partial charge on any atom is -0.352 e. The summed E-state index contributed by atoms with van der Waals surface area (Å²) >= 11 is 5.97. The molecule has 1 amide bonds. The fourth-order valence-electron chi connectivity index (χ4n) is 3.31. The monoisotopic (exact) mass is 422 g/mol. The Kier molecular flexibility index (Phi) is 7.12. The lowest BCUT2D eigenvalue weighted by Gasteiger charge is -2.30. The second-order valence-electron chi connectivity index (χ2n) is 7.67. The van der Waals surface area contributed by atoms with Gasteiger partial charge in [-0.25, -0.2) is 8.42 Å². The van der Waals surface area contributed by atoms with Crippen LogP contribution < -0.4 is 9.62 Å². The standard InChI is InChI=1S/C21H27ClN2O3S/c1-16(14-21(2,3)17-9-6-5-7-10-17)23-20(25)15-24(28(4,26)27)19-12-8-11-18(22)13-19/h5-13,16H,14-15H2,1-4H3,(H,23,25). The van der Waals surface area contributed by atoms with E-state index in [-0.39, 0.29) is 23.9 Å². The molecule has 0 aliphatic heterocycles. The van der Waals surface area contributed by atoms with Gasteiger partial charge in [-0.1, -0.05) is 61.8 Å². The SMILES string of the molecule is CC(CC(C)(C)c1ccccc1)NC(=O)CN(c1cccc(Cl)c1)S(C)(=O)=O. The number of carbonyl (C=O) groups is 1. The van der Waals surface area contributed by atoms with Crippen LogP contribution in [0, 0.1) is 0 Å². The topological polar surface area (TPSA) is 66.5 Å². The van der Waals surface area contributed by atoms with Crippen molar-refractivity contribution in [1.82, 2.24) is 5.32 Å². The minimum atomic E-state index is -3.63. The minimum absolute atomic E-state index is 0.122. The molecule has 5 nitrogen and oxygen atoms in total. The Bertz CT molecular complexity index is 914. The lowest BCUT2D eigenvalue weighted by atomic mass is 9.79. The molecule has 2 aromatic carbocycles. The average molecular weight is 423 g/mol. The predicted molar refractivity (Wildman–Crippen MR) is 115 cm³/mol. The summed E-state index contributed by atoms with van der Waals surface area (Å²) in [5, 5.41) is 3.32. The molecule has 0 aliphatic rings. The Morgan fingerprint density at radius 3 is 2.36 bits per heavy atom. The first kappa shape index (κ1) is 22.2. The van der Waals surface area contributed by atoms with Gasteiger partial charge in [0.05, 0.1) is 11.9 Å². The number of hydrogen-bond acceptors (Lipinski definition) is 3. The van der Waals surface area contributed by atoms with E-state index >= 15 is 0 Å². The van der Waals surface area contributed by atoms with Crippen molar-refractivity contribution in [1.29, 1.82) is 0 Å². The largest absolute Gasteiger partial charge is 0.352 e. The van der Waals surface area contributed by atoms with Crippen molar-refractivity contribution < 1.29 is 13.2 Å². The first-order valence-corrected chi connectivity index (χ1v) is 11.3. The molecular formula is C21H27ClN2O3S. The number of nitrogens with zero attached hydrogens (tertiary/aromatic N) is 1. The van der Waals surface area contributed by atoms with Crippen molar-refractivity contribution in [2.45, 2.75) is 38.6 Å². The number of benzene rings is 2. The Labute approximate surface area is 172 Å². The van der Waals surface area contributed by atoms with E-state index in [2.05, 4.69) is 31.3 Å². The Morgan fingerprint density at radius 1 is 1.14 bits per heavy atom. The Hall–Kier alpha value is -2.05. The van der Waals surface area contributed by atoms with Crippen molar-refractivity contribution in [3.8, 4) is 0 Å². The van der Waals surface area contributed by atoms with Crippen molar-refractivity contribution >= 4 is 33.2 Å². The second kappa shape index (κ2) is 8.97. The van der Waals surface area contributed by atoms with Crippen molar-refractivity contribution in [3.63, 3.8) is 0 Å². The van der Waals surface area contributed by atoms with Gasteiger partial charge >= 0.3 is 0 Å². The first-order chi connectivity index (χ1) is 13.0. The van der Waals surface area contributed by atoms with Gasteiger partial charge in [-0.2, -0.15) is 0 Å². The number of anilines is 1.